The van der Waals surface area contributed by atoms with E-state index in [0.29, 0.717) is 12.8 Å². The molecule has 1 aliphatic carbocycles. The van der Waals surface area contributed by atoms with Crippen LogP contribution in [0.4, 0.5) is 0 Å². The number of aliphatic carboxylic acids is 1. The summed E-state index contributed by atoms with van der Waals surface area (Å²) in [6.45, 7) is 5.68. The summed E-state index contributed by atoms with van der Waals surface area (Å²) in [6.07, 6.45) is 1.25. The molecule has 3 atom stereocenters. The molecule has 0 aromatic heterocycles. The number of hydrogen-bond acceptors (Lipinski definition) is 2. The van der Waals surface area contributed by atoms with E-state index in [9.17, 15) is 9.90 Å². The Balaban J connectivity index is 2.56. The van der Waals surface area contributed by atoms with Crippen molar-refractivity contribution in [2.45, 2.75) is 32.3 Å². The summed E-state index contributed by atoms with van der Waals surface area (Å²) in [5.41, 5.74) is 0.955. The van der Waals surface area contributed by atoms with Crippen LogP contribution in [0.15, 0.2) is 12.2 Å². The minimum Gasteiger partial charge on any atom is -0.481 e. The molecule has 74 valence electrons. The largest absolute Gasteiger partial charge is 0.481 e. The first kappa shape index (κ1) is 10.3. The van der Waals surface area contributed by atoms with Crippen LogP contribution in [0.5, 0.6) is 0 Å². The number of aliphatic hydroxyl groups is 1. The van der Waals surface area contributed by atoms with Crippen LogP contribution in [0.1, 0.15) is 26.2 Å². The molecule has 3 nitrogen and oxygen atoms in total. The average Bonchev–Trinajstić information content (AvgIpc) is 2.03. The van der Waals surface area contributed by atoms with Crippen LogP contribution in [0, 0.1) is 11.8 Å². The summed E-state index contributed by atoms with van der Waals surface area (Å²) in [7, 11) is 0. The standard InChI is InChI=1S/C10H16O3/c1-6(2)8-4-3-7(10(12)13)5-9(8)11/h7-9,11H,1,3-5H2,2H3,(H,12,13)/t7-,8+,9-/m1/s1. The fraction of sp³-hybridized carbons (Fsp3) is 0.700. The molecule has 1 fully saturated rings. The lowest BCUT2D eigenvalue weighted by Crippen LogP contribution is -2.33. The van der Waals surface area contributed by atoms with Gasteiger partial charge in [0.05, 0.1) is 12.0 Å². The monoisotopic (exact) mass is 184 g/mol. The lowest BCUT2D eigenvalue weighted by molar-refractivity contribution is -0.144. The van der Waals surface area contributed by atoms with Gasteiger partial charge in [-0.2, -0.15) is 0 Å². The minimum absolute atomic E-state index is 0.0931. The summed E-state index contributed by atoms with van der Waals surface area (Å²) in [5, 5.41) is 18.4. The molecule has 3 heteroatoms. The Hall–Kier alpha value is -0.830. The third-order valence-electron chi connectivity index (χ3n) is 2.80. The molecule has 0 aliphatic heterocycles. The zero-order chi connectivity index (χ0) is 10.0. The second-order valence-corrected chi connectivity index (χ2v) is 3.87. The summed E-state index contributed by atoms with van der Waals surface area (Å²) in [5.74, 6) is -1.07. The second kappa shape index (κ2) is 3.92. The molecule has 0 bridgehead atoms. The van der Waals surface area contributed by atoms with Crippen molar-refractivity contribution < 1.29 is 15.0 Å². The van der Waals surface area contributed by atoms with E-state index in [0.717, 1.165) is 12.0 Å². The third kappa shape index (κ3) is 2.31. The van der Waals surface area contributed by atoms with Crippen LogP contribution in [0.2, 0.25) is 0 Å². The van der Waals surface area contributed by atoms with Crippen LogP contribution >= 0.6 is 0 Å². The summed E-state index contributed by atoms with van der Waals surface area (Å²) < 4.78 is 0. The first-order valence-corrected chi connectivity index (χ1v) is 4.58. The molecule has 1 saturated carbocycles. The molecule has 0 aromatic rings. The van der Waals surface area contributed by atoms with Gasteiger partial charge in [-0.3, -0.25) is 4.79 Å². The Labute approximate surface area is 78.1 Å². The van der Waals surface area contributed by atoms with Gasteiger partial charge in [0.25, 0.3) is 0 Å². The highest BCUT2D eigenvalue weighted by atomic mass is 16.4. The number of carbonyl (C=O) groups is 1. The van der Waals surface area contributed by atoms with E-state index in [1.54, 1.807) is 0 Å². The van der Waals surface area contributed by atoms with Crippen molar-refractivity contribution in [3.63, 3.8) is 0 Å². The number of hydrogen-bond donors (Lipinski definition) is 2. The zero-order valence-electron chi connectivity index (χ0n) is 7.86. The fourth-order valence-corrected chi connectivity index (χ4v) is 1.95. The number of carboxylic acids is 1. The predicted molar refractivity (Wildman–Crippen MR) is 49.3 cm³/mol. The first-order valence-electron chi connectivity index (χ1n) is 4.58. The van der Waals surface area contributed by atoms with E-state index < -0.39 is 12.1 Å². The fourth-order valence-electron chi connectivity index (χ4n) is 1.95. The molecule has 13 heavy (non-hydrogen) atoms. The van der Waals surface area contributed by atoms with Gasteiger partial charge in [-0.1, -0.05) is 12.2 Å². The quantitative estimate of drug-likeness (QED) is 0.638. The SMILES string of the molecule is C=C(C)[C@@H]1CC[C@@H](C(=O)O)C[C@H]1O. The van der Waals surface area contributed by atoms with Gasteiger partial charge in [0, 0.05) is 5.92 Å². The van der Waals surface area contributed by atoms with Crippen LogP contribution in [-0.2, 0) is 4.79 Å². The van der Waals surface area contributed by atoms with E-state index in [1.807, 2.05) is 6.92 Å². The number of rotatable bonds is 2. The zero-order valence-corrected chi connectivity index (χ0v) is 7.86. The van der Waals surface area contributed by atoms with Gasteiger partial charge < -0.3 is 10.2 Å². The lowest BCUT2D eigenvalue weighted by atomic mass is 9.77. The van der Waals surface area contributed by atoms with Crippen LogP contribution < -0.4 is 0 Å². The first-order chi connectivity index (χ1) is 6.02. The Morgan fingerprint density at radius 1 is 1.46 bits per heavy atom. The number of carboxylic acid groups (broad SMARTS) is 1. The van der Waals surface area contributed by atoms with E-state index in [-0.39, 0.29) is 11.8 Å². The molecule has 0 saturated heterocycles. The van der Waals surface area contributed by atoms with Gasteiger partial charge in [0.1, 0.15) is 0 Å². The normalized spacial score (nSPS) is 34.2. The summed E-state index contributed by atoms with van der Waals surface area (Å²) >= 11 is 0. The van der Waals surface area contributed by atoms with Gasteiger partial charge in [-0.25, -0.2) is 0 Å². The molecule has 1 rings (SSSR count). The highest BCUT2D eigenvalue weighted by Gasteiger charge is 2.32. The van der Waals surface area contributed by atoms with Crippen LogP contribution in [-0.4, -0.2) is 22.3 Å². The van der Waals surface area contributed by atoms with Gasteiger partial charge in [0.15, 0.2) is 0 Å². The predicted octanol–water partition coefficient (Wildman–Crippen LogP) is 1.42. The van der Waals surface area contributed by atoms with Gasteiger partial charge in [-0.15, -0.1) is 0 Å². The molecule has 0 amide bonds. The van der Waals surface area contributed by atoms with Crippen molar-refractivity contribution in [1.82, 2.24) is 0 Å². The van der Waals surface area contributed by atoms with E-state index >= 15 is 0 Å². The number of aliphatic hydroxyl groups excluding tert-OH is 1. The highest BCUT2D eigenvalue weighted by molar-refractivity contribution is 5.70. The van der Waals surface area contributed by atoms with Crippen LogP contribution in [0.25, 0.3) is 0 Å². The maximum atomic E-state index is 10.6. The van der Waals surface area contributed by atoms with Crippen molar-refractivity contribution in [2.75, 3.05) is 0 Å². The smallest absolute Gasteiger partial charge is 0.306 e. The van der Waals surface area contributed by atoms with Gasteiger partial charge in [0.2, 0.25) is 0 Å². The van der Waals surface area contributed by atoms with Crippen molar-refractivity contribution in [2.24, 2.45) is 11.8 Å². The Bertz CT molecular complexity index is 222. The third-order valence-corrected chi connectivity index (χ3v) is 2.80. The van der Waals surface area contributed by atoms with E-state index in [1.165, 1.54) is 0 Å². The van der Waals surface area contributed by atoms with Crippen molar-refractivity contribution >= 4 is 5.97 Å². The molecule has 0 radical (unpaired) electrons. The maximum absolute atomic E-state index is 10.6. The molecular formula is C10H16O3. The Morgan fingerprint density at radius 3 is 2.46 bits per heavy atom. The molecule has 0 unspecified atom stereocenters. The average molecular weight is 184 g/mol. The molecular weight excluding hydrogens is 168 g/mol. The molecule has 0 heterocycles. The Kier molecular flexibility index (Phi) is 3.09. The highest BCUT2D eigenvalue weighted by Crippen LogP contribution is 2.32. The minimum atomic E-state index is -0.792. The summed E-state index contributed by atoms with van der Waals surface area (Å²) in [4.78, 5) is 10.6. The lowest BCUT2D eigenvalue weighted by Gasteiger charge is -2.31. The van der Waals surface area contributed by atoms with E-state index in [4.69, 9.17) is 5.11 Å². The molecule has 2 N–H and O–H groups in total. The van der Waals surface area contributed by atoms with Gasteiger partial charge >= 0.3 is 5.97 Å². The maximum Gasteiger partial charge on any atom is 0.306 e. The van der Waals surface area contributed by atoms with Gasteiger partial charge in [-0.05, 0) is 26.2 Å². The molecule has 0 aromatic carbocycles. The van der Waals surface area contributed by atoms with Crippen LogP contribution in [0.3, 0.4) is 0 Å². The van der Waals surface area contributed by atoms with Crippen molar-refractivity contribution in [3.8, 4) is 0 Å². The van der Waals surface area contributed by atoms with E-state index in [2.05, 4.69) is 6.58 Å². The molecule has 0 spiro atoms. The Morgan fingerprint density at radius 2 is 2.08 bits per heavy atom. The van der Waals surface area contributed by atoms with Crippen molar-refractivity contribution in [3.05, 3.63) is 12.2 Å². The topological polar surface area (TPSA) is 57.5 Å². The van der Waals surface area contributed by atoms with Crippen molar-refractivity contribution in [1.29, 1.82) is 0 Å². The molecule has 1 aliphatic rings. The summed E-state index contributed by atoms with van der Waals surface area (Å²) in [6, 6.07) is 0. The second-order valence-electron chi connectivity index (χ2n) is 3.87.